The van der Waals surface area contributed by atoms with Crippen LogP contribution in [-0.2, 0) is 5.41 Å². The molecule has 0 fully saturated rings. The molecule has 3 nitrogen and oxygen atoms in total. The molecule has 196 valence electrons. The summed E-state index contributed by atoms with van der Waals surface area (Å²) >= 11 is 0. The molecule has 7 aromatic rings. The lowest BCUT2D eigenvalue weighted by molar-refractivity contribution is 0.619. The zero-order chi connectivity index (χ0) is 27.6. The normalized spacial score (nSPS) is 13.3. The Labute approximate surface area is 239 Å². The molecule has 0 unspecified atom stereocenters. The van der Waals surface area contributed by atoms with E-state index in [0.717, 1.165) is 33.7 Å². The summed E-state index contributed by atoms with van der Waals surface area (Å²) in [6, 6.07) is 47.1. The minimum atomic E-state index is -0.185. The highest BCUT2D eigenvalue weighted by molar-refractivity contribution is 5.92. The van der Waals surface area contributed by atoms with E-state index in [4.69, 9.17) is 9.40 Å². The lowest BCUT2D eigenvalue weighted by Gasteiger charge is -2.28. The summed E-state index contributed by atoms with van der Waals surface area (Å²) in [6.07, 6.45) is 0. The number of hydrogen-bond acceptors (Lipinski definition) is 3. The topological polar surface area (TPSA) is 29.3 Å². The summed E-state index contributed by atoms with van der Waals surface area (Å²) in [5, 5.41) is 2.39. The Kier molecular flexibility index (Phi) is 5.17. The quantitative estimate of drug-likeness (QED) is 0.228. The molecule has 0 aliphatic heterocycles. The number of fused-ring (bicyclic) bond motifs is 5. The van der Waals surface area contributed by atoms with Gasteiger partial charge in [-0.3, -0.25) is 0 Å². The lowest BCUT2D eigenvalue weighted by Crippen LogP contribution is -2.16. The molecule has 0 N–H and O–H groups in total. The van der Waals surface area contributed by atoms with Gasteiger partial charge in [0.25, 0.3) is 0 Å². The van der Waals surface area contributed by atoms with E-state index in [-0.39, 0.29) is 5.41 Å². The summed E-state index contributed by atoms with van der Waals surface area (Å²) in [5.74, 6) is 0.657. The van der Waals surface area contributed by atoms with Crippen LogP contribution in [0.4, 0.5) is 17.1 Å². The Hall–Kier alpha value is -5.15. The van der Waals surface area contributed by atoms with E-state index in [2.05, 4.69) is 152 Å². The van der Waals surface area contributed by atoms with Gasteiger partial charge in [-0.1, -0.05) is 86.6 Å². The summed E-state index contributed by atoms with van der Waals surface area (Å²) in [5.41, 5.74) is 11.0. The van der Waals surface area contributed by atoms with Gasteiger partial charge < -0.3 is 9.32 Å². The molecule has 0 bridgehead atoms. The number of anilines is 3. The average molecular weight is 529 g/mol. The zero-order valence-electron chi connectivity index (χ0n) is 23.0. The van der Waals surface area contributed by atoms with E-state index in [1.807, 2.05) is 0 Å². The highest BCUT2D eigenvalue weighted by atomic mass is 16.3. The highest BCUT2D eigenvalue weighted by Crippen LogP contribution is 2.52. The van der Waals surface area contributed by atoms with Crippen molar-refractivity contribution in [2.24, 2.45) is 0 Å². The monoisotopic (exact) mass is 528 g/mol. The SMILES string of the molecule is CC1(C)c2cc(N(c3ccccc3)c3ccccc3)ccc2-c2cc3oc(-c4ccc5ccccc5c4)nc3cc21. The molecule has 0 amide bonds. The minimum absolute atomic E-state index is 0.185. The first-order valence-corrected chi connectivity index (χ1v) is 14.1. The van der Waals surface area contributed by atoms with Crippen molar-refractivity contribution < 1.29 is 4.42 Å². The Morgan fingerprint density at radius 1 is 0.561 bits per heavy atom. The second kappa shape index (κ2) is 8.94. The molecule has 1 aliphatic rings. The zero-order valence-corrected chi connectivity index (χ0v) is 23.0. The van der Waals surface area contributed by atoms with Crippen LogP contribution in [0.3, 0.4) is 0 Å². The Bertz CT molecular complexity index is 2030. The number of oxazole rings is 1. The predicted molar refractivity (Wildman–Crippen MR) is 169 cm³/mol. The van der Waals surface area contributed by atoms with Gasteiger partial charge in [-0.25, -0.2) is 4.98 Å². The van der Waals surface area contributed by atoms with Gasteiger partial charge in [0.15, 0.2) is 5.58 Å². The van der Waals surface area contributed by atoms with Crippen molar-refractivity contribution in [2.45, 2.75) is 19.3 Å². The number of nitrogens with zero attached hydrogens (tertiary/aromatic N) is 2. The van der Waals surface area contributed by atoms with Gasteiger partial charge in [0.05, 0.1) is 0 Å². The Morgan fingerprint density at radius 3 is 1.95 bits per heavy atom. The summed E-state index contributed by atoms with van der Waals surface area (Å²) in [6.45, 7) is 4.62. The van der Waals surface area contributed by atoms with Crippen LogP contribution in [0, 0.1) is 0 Å². The lowest BCUT2D eigenvalue weighted by atomic mass is 9.82. The molecule has 0 saturated carbocycles. The third-order valence-electron chi connectivity index (χ3n) is 8.45. The van der Waals surface area contributed by atoms with Gasteiger partial charge in [0, 0.05) is 28.0 Å². The van der Waals surface area contributed by atoms with E-state index in [1.165, 1.54) is 33.0 Å². The third kappa shape index (κ3) is 3.77. The van der Waals surface area contributed by atoms with Crippen LogP contribution < -0.4 is 4.90 Å². The second-order valence-electron chi connectivity index (χ2n) is 11.3. The van der Waals surface area contributed by atoms with Crippen molar-refractivity contribution in [1.29, 1.82) is 0 Å². The van der Waals surface area contributed by atoms with E-state index in [0.29, 0.717) is 5.89 Å². The molecule has 0 spiro atoms. The second-order valence-corrected chi connectivity index (χ2v) is 11.3. The van der Waals surface area contributed by atoms with Crippen molar-refractivity contribution in [3.63, 3.8) is 0 Å². The van der Waals surface area contributed by atoms with Crippen LogP contribution in [0.15, 0.2) is 138 Å². The number of para-hydroxylation sites is 2. The van der Waals surface area contributed by atoms with Crippen LogP contribution in [-0.4, -0.2) is 4.98 Å². The van der Waals surface area contributed by atoms with Gasteiger partial charge in [0.2, 0.25) is 5.89 Å². The molecular formula is C38H28N2O. The number of aromatic nitrogens is 1. The molecule has 3 heteroatoms. The van der Waals surface area contributed by atoms with Crippen LogP contribution in [0.1, 0.15) is 25.0 Å². The smallest absolute Gasteiger partial charge is 0.227 e. The van der Waals surface area contributed by atoms with Gasteiger partial charge in [-0.05, 0) is 93.7 Å². The molecule has 8 rings (SSSR count). The fraction of sp³-hybridized carbons (Fsp3) is 0.0789. The predicted octanol–water partition coefficient (Wildman–Crippen LogP) is 10.4. The molecule has 0 radical (unpaired) electrons. The molecule has 0 saturated heterocycles. The first kappa shape index (κ1) is 23.7. The molecule has 6 aromatic carbocycles. The molecule has 1 heterocycles. The van der Waals surface area contributed by atoms with Crippen LogP contribution in [0.5, 0.6) is 0 Å². The third-order valence-corrected chi connectivity index (χ3v) is 8.45. The first-order chi connectivity index (χ1) is 20.1. The molecule has 41 heavy (non-hydrogen) atoms. The fourth-order valence-corrected chi connectivity index (χ4v) is 6.33. The van der Waals surface area contributed by atoms with E-state index >= 15 is 0 Å². The van der Waals surface area contributed by atoms with Gasteiger partial charge >= 0.3 is 0 Å². The van der Waals surface area contributed by atoms with Crippen LogP contribution in [0.2, 0.25) is 0 Å². The van der Waals surface area contributed by atoms with Crippen molar-refractivity contribution in [3.05, 3.63) is 145 Å². The average Bonchev–Trinajstić information content (AvgIpc) is 3.53. The highest BCUT2D eigenvalue weighted by Gasteiger charge is 2.37. The van der Waals surface area contributed by atoms with Crippen molar-refractivity contribution in [3.8, 4) is 22.6 Å². The maximum atomic E-state index is 6.37. The Balaban J connectivity index is 1.24. The van der Waals surface area contributed by atoms with Crippen molar-refractivity contribution >= 4 is 38.9 Å². The summed E-state index contributed by atoms with van der Waals surface area (Å²) in [4.78, 5) is 7.27. The van der Waals surface area contributed by atoms with Gasteiger partial charge in [0.1, 0.15) is 5.52 Å². The maximum Gasteiger partial charge on any atom is 0.227 e. The summed E-state index contributed by atoms with van der Waals surface area (Å²) in [7, 11) is 0. The van der Waals surface area contributed by atoms with E-state index < -0.39 is 0 Å². The number of rotatable bonds is 4. The minimum Gasteiger partial charge on any atom is -0.436 e. The molecular weight excluding hydrogens is 500 g/mol. The Morgan fingerprint density at radius 2 is 1.22 bits per heavy atom. The largest absolute Gasteiger partial charge is 0.436 e. The van der Waals surface area contributed by atoms with Crippen LogP contribution in [0.25, 0.3) is 44.5 Å². The number of hydrogen-bond donors (Lipinski definition) is 0. The maximum absolute atomic E-state index is 6.37. The fourth-order valence-electron chi connectivity index (χ4n) is 6.33. The van der Waals surface area contributed by atoms with E-state index in [9.17, 15) is 0 Å². The van der Waals surface area contributed by atoms with Crippen molar-refractivity contribution in [1.82, 2.24) is 4.98 Å². The van der Waals surface area contributed by atoms with E-state index in [1.54, 1.807) is 0 Å². The van der Waals surface area contributed by atoms with Gasteiger partial charge in [-0.2, -0.15) is 0 Å². The summed E-state index contributed by atoms with van der Waals surface area (Å²) < 4.78 is 6.37. The first-order valence-electron chi connectivity index (χ1n) is 14.1. The van der Waals surface area contributed by atoms with Crippen molar-refractivity contribution in [2.75, 3.05) is 4.90 Å². The molecule has 1 aliphatic carbocycles. The number of benzene rings is 6. The molecule has 1 aromatic heterocycles. The molecule has 0 atom stereocenters. The van der Waals surface area contributed by atoms with Gasteiger partial charge in [-0.15, -0.1) is 0 Å². The van der Waals surface area contributed by atoms with Crippen LogP contribution >= 0.6 is 0 Å². The standard InChI is InChI=1S/C38H28N2O/c1-38(2)33-22-30(40(28-13-5-3-6-14-28)29-15-7-4-8-16-29)19-20-31(33)32-23-36-35(24-34(32)38)39-37(41-36)27-18-17-25-11-9-10-12-26(25)21-27/h3-24H,1-2H3.